The summed E-state index contributed by atoms with van der Waals surface area (Å²) in [6, 6.07) is 10.7. The molecule has 7 nitrogen and oxygen atoms in total. The van der Waals surface area contributed by atoms with E-state index in [0.717, 1.165) is 11.1 Å². The largest absolute Gasteiger partial charge is 0.326 e. The Balaban J connectivity index is 1.60. The lowest BCUT2D eigenvalue weighted by molar-refractivity contribution is -0.116. The van der Waals surface area contributed by atoms with Gasteiger partial charge in [-0.2, -0.15) is 0 Å². The Kier molecular flexibility index (Phi) is 8.17. The van der Waals surface area contributed by atoms with Crippen LogP contribution in [0.4, 0.5) is 11.4 Å². The van der Waals surface area contributed by atoms with Crippen LogP contribution < -0.4 is 10.6 Å². The quantitative estimate of drug-likeness (QED) is 0.426. The van der Waals surface area contributed by atoms with Crippen molar-refractivity contribution in [2.45, 2.75) is 38.9 Å². The highest BCUT2D eigenvalue weighted by Crippen LogP contribution is 2.23. The Morgan fingerprint density at radius 3 is 2.47 bits per heavy atom. The zero-order valence-corrected chi connectivity index (χ0v) is 20.2. The number of benzene rings is 2. The average molecular weight is 492 g/mol. The molecule has 0 aliphatic heterocycles. The molecule has 3 rings (SSSR count). The van der Waals surface area contributed by atoms with Gasteiger partial charge in [0.1, 0.15) is 5.82 Å². The van der Waals surface area contributed by atoms with Crippen molar-refractivity contribution < 1.29 is 9.59 Å². The molecular weight excluding hydrogens is 469 g/mol. The lowest BCUT2D eigenvalue weighted by Crippen LogP contribution is -2.18. The van der Waals surface area contributed by atoms with Gasteiger partial charge in [-0.3, -0.25) is 9.59 Å². The Labute approximate surface area is 200 Å². The predicted octanol–water partition coefficient (Wildman–Crippen LogP) is 5.13. The van der Waals surface area contributed by atoms with Crippen LogP contribution in [0, 0.1) is 13.8 Å². The first-order valence-corrected chi connectivity index (χ1v) is 11.7. The van der Waals surface area contributed by atoms with Crippen molar-refractivity contribution in [1.82, 2.24) is 14.8 Å². The fourth-order valence-electron chi connectivity index (χ4n) is 2.94. The van der Waals surface area contributed by atoms with Gasteiger partial charge in [0.2, 0.25) is 11.8 Å². The molecule has 2 aromatic carbocycles. The van der Waals surface area contributed by atoms with Gasteiger partial charge in [-0.1, -0.05) is 47.1 Å². The monoisotopic (exact) mass is 491 g/mol. The minimum Gasteiger partial charge on any atom is -0.326 e. The van der Waals surface area contributed by atoms with E-state index in [2.05, 4.69) is 20.8 Å². The zero-order valence-electron chi connectivity index (χ0n) is 17.9. The molecule has 0 spiro atoms. The highest BCUT2D eigenvalue weighted by molar-refractivity contribution is 7.99. The lowest BCUT2D eigenvalue weighted by atomic mass is 10.2. The third kappa shape index (κ3) is 6.25. The third-order valence-electron chi connectivity index (χ3n) is 4.69. The van der Waals surface area contributed by atoms with Crippen LogP contribution in [0.1, 0.15) is 23.9 Å². The van der Waals surface area contributed by atoms with Gasteiger partial charge in [0.05, 0.1) is 12.2 Å². The number of hydrogen-bond acceptors (Lipinski definition) is 5. The molecule has 0 aliphatic rings. The van der Waals surface area contributed by atoms with Crippen LogP contribution in [0.5, 0.6) is 0 Å². The number of aryl methyl sites for hydroxylation is 2. The molecule has 0 bridgehead atoms. The van der Waals surface area contributed by atoms with E-state index >= 15 is 0 Å². The first-order chi connectivity index (χ1) is 15.3. The summed E-state index contributed by atoms with van der Waals surface area (Å²) in [4.78, 5) is 24.8. The van der Waals surface area contributed by atoms with Crippen LogP contribution in [0.2, 0.25) is 10.0 Å². The maximum absolute atomic E-state index is 12.5. The number of thioether (sulfide) groups is 1. The Hall–Kier alpha value is -2.55. The maximum atomic E-state index is 12.5. The van der Waals surface area contributed by atoms with Crippen LogP contribution in [-0.4, -0.2) is 32.3 Å². The van der Waals surface area contributed by atoms with E-state index in [1.54, 1.807) is 24.3 Å². The summed E-state index contributed by atoms with van der Waals surface area (Å²) in [6.45, 7) is 6.30. The molecule has 168 valence electrons. The fourth-order valence-corrected chi connectivity index (χ4v) is 4.11. The number of nitrogens with one attached hydrogen (secondary N) is 2. The molecule has 0 saturated heterocycles. The maximum Gasteiger partial charge on any atom is 0.234 e. The first kappa shape index (κ1) is 24.1. The van der Waals surface area contributed by atoms with E-state index in [9.17, 15) is 9.59 Å². The van der Waals surface area contributed by atoms with Crippen molar-refractivity contribution in [1.29, 1.82) is 0 Å². The van der Waals surface area contributed by atoms with Crippen LogP contribution in [-0.2, 0) is 22.6 Å². The Bertz CT molecular complexity index is 1150. The fraction of sp³-hybridized carbons (Fsp3) is 0.273. The molecule has 2 amide bonds. The van der Waals surface area contributed by atoms with E-state index in [0.29, 0.717) is 38.9 Å². The van der Waals surface area contributed by atoms with E-state index in [4.69, 9.17) is 23.2 Å². The van der Waals surface area contributed by atoms with Gasteiger partial charge >= 0.3 is 0 Å². The molecule has 0 unspecified atom stereocenters. The molecule has 0 radical (unpaired) electrons. The van der Waals surface area contributed by atoms with Gasteiger partial charge in [-0.15, -0.1) is 10.2 Å². The number of carbonyl (C=O) groups excluding carboxylic acids is 2. The van der Waals surface area contributed by atoms with Gasteiger partial charge in [0.15, 0.2) is 5.16 Å². The number of aromatic nitrogens is 3. The molecule has 0 saturated carbocycles. The molecule has 3 aromatic rings. The highest BCUT2D eigenvalue weighted by atomic mass is 35.5. The first-order valence-electron chi connectivity index (χ1n) is 9.93. The van der Waals surface area contributed by atoms with Gasteiger partial charge < -0.3 is 15.2 Å². The number of carbonyl (C=O) groups is 2. The third-order valence-corrected chi connectivity index (χ3v) is 6.30. The van der Waals surface area contributed by atoms with Gasteiger partial charge in [-0.25, -0.2) is 0 Å². The second-order valence-corrected chi connectivity index (χ2v) is 8.91. The molecule has 0 fully saturated rings. The number of amides is 2. The van der Waals surface area contributed by atoms with Gasteiger partial charge in [0.25, 0.3) is 0 Å². The SMILES string of the molecule is CCn1c(CC(=O)Nc2ccc(C)c(Cl)c2)nnc1SCC(=O)Nc1cc(Cl)ccc1C. The van der Waals surface area contributed by atoms with Crippen LogP contribution in [0.25, 0.3) is 0 Å². The molecule has 0 aliphatic carbocycles. The summed E-state index contributed by atoms with van der Waals surface area (Å²) in [5.41, 5.74) is 3.16. The van der Waals surface area contributed by atoms with Crippen molar-refractivity contribution in [3.8, 4) is 0 Å². The Morgan fingerprint density at radius 2 is 1.75 bits per heavy atom. The van der Waals surface area contributed by atoms with Crippen LogP contribution in [0.3, 0.4) is 0 Å². The molecule has 0 atom stereocenters. The molecule has 32 heavy (non-hydrogen) atoms. The number of anilines is 2. The van der Waals surface area contributed by atoms with E-state index in [1.807, 2.05) is 37.5 Å². The molecule has 2 N–H and O–H groups in total. The van der Waals surface area contributed by atoms with E-state index in [-0.39, 0.29) is 24.0 Å². The molecular formula is C22H23Cl2N5O2S. The summed E-state index contributed by atoms with van der Waals surface area (Å²) in [5.74, 6) is 0.272. The minimum absolute atomic E-state index is 0.0564. The number of nitrogens with zero attached hydrogens (tertiary/aromatic N) is 3. The van der Waals surface area contributed by atoms with Crippen molar-refractivity contribution in [2.75, 3.05) is 16.4 Å². The molecule has 1 heterocycles. The zero-order chi connectivity index (χ0) is 23.3. The summed E-state index contributed by atoms with van der Waals surface area (Å²) < 4.78 is 1.82. The van der Waals surface area contributed by atoms with Gasteiger partial charge in [-0.05, 0) is 56.2 Å². The number of rotatable bonds is 8. The van der Waals surface area contributed by atoms with Crippen molar-refractivity contribution in [3.63, 3.8) is 0 Å². The Morgan fingerprint density at radius 1 is 1.00 bits per heavy atom. The summed E-state index contributed by atoms with van der Waals surface area (Å²) in [5, 5.41) is 15.7. The van der Waals surface area contributed by atoms with Gasteiger partial charge in [0, 0.05) is 28.0 Å². The normalized spacial score (nSPS) is 10.8. The standard InChI is InChI=1S/C22H23Cl2N5O2S/c1-4-29-19(11-20(30)25-16-8-6-13(2)17(24)10-16)27-28-22(29)32-12-21(31)26-18-9-15(23)7-5-14(18)3/h5-10H,4,11-12H2,1-3H3,(H,25,30)(H,26,31). The van der Waals surface area contributed by atoms with Crippen molar-refractivity contribution >= 4 is 58.2 Å². The summed E-state index contributed by atoms with van der Waals surface area (Å²) >= 11 is 13.4. The lowest BCUT2D eigenvalue weighted by Gasteiger charge is -2.10. The average Bonchev–Trinajstić information content (AvgIpc) is 3.13. The highest BCUT2D eigenvalue weighted by Gasteiger charge is 2.16. The number of hydrogen-bond donors (Lipinski definition) is 2. The second kappa shape index (κ2) is 10.8. The molecule has 10 heteroatoms. The predicted molar refractivity (Wildman–Crippen MR) is 130 cm³/mol. The molecule has 1 aromatic heterocycles. The second-order valence-electron chi connectivity index (χ2n) is 7.13. The van der Waals surface area contributed by atoms with E-state index in [1.165, 1.54) is 11.8 Å². The van der Waals surface area contributed by atoms with Crippen LogP contribution >= 0.6 is 35.0 Å². The smallest absolute Gasteiger partial charge is 0.234 e. The minimum atomic E-state index is -0.224. The topological polar surface area (TPSA) is 88.9 Å². The number of halogens is 2. The van der Waals surface area contributed by atoms with Crippen molar-refractivity contribution in [2.24, 2.45) is 0 Å². The van der Waals surface area contributed by atoms with E-state index < -0.39 is 0 Å². The van der Waals surface area contributed by atoms with Crippen molar-refractivity contribution in [3.05, 3.63) is 63.4 Å². The van der Waals surface area contributed by atoms with Crippen LogP contribution in [0.15, 0.2) is 41.6 Å². The summed E-state index contributed by atoms with van der Waals surface area (Å²) in [6.07, 6.45) is 0.0564. The summed E-state index contributed by atoms with van der Waals surface area (Å²) in [7, 11) is 0.